The molecule has 1 aliphatic rings. The second-order valence-electron chi connectivity index (χ2n) is 5.04. The fourth-order valence-corrected chi connectivity index (χ4v) is 3.71. The van der Waals surface area contributed by atoms with Gasteiger partial charge in [0.15, 0.2) is 0 Å². The summed E-state index contributed by atoms with van der Waals surface area (Å²) in [5, 5.41) is 5.64. The van der Waals surface area contributed by atoms with E-state index in [0.717, 1.165) is 0 Å². The summed E-state index contributed by atoms with van der Waals surface area (Å²) in [7, 11) is 2.05. The molecule has 1 aliphatic carbocycles. The van der Waals surface area contributed by atoms with E-state index in [1.807, 2.05) is 11.3 Å². The first-order valence-electron chi connectivity index (χ1n) is 6.62. The molecule has 1 N–H and O–H groups in total. The van der Waals surface area contributed by atoms with Crippen molar-refractivity contribution in [2.45, 2.75) is 32.2 Å². The van der Waals surface area contributed by atoms with Gasteiger partial charge in [0, 0.05) is 4.88 Å². The summed E-state index contributed by atoms with van der Waals surface area (Å²) < 4.78 is 0. The van der Waals surface area contributed by atoms with E-state index in [1.165, 1.54) is 35.3 Å². The van der Waals surface area contributed by atoms with Crippen LogP contribution in [0, 0.1) is 6.92 Å². The van der Waals surface area contributed by atoms with E-state index >= 15 is 0 Å². The predicted molar refractivity (Wildman–Crippen MR) is 78.4 cm³/mol. The molecule has 0 saturated carbocycles. The monoisotopic (exact) mass is 257 g/mol. The van der Waals surface area contributed by atoms with E-state index in [9.17, 15) is 0 Å². The Morgan fingerprint density at radius 2 is 2.00 bits per heavy atom. The molecular weight excluding hydrogens is 238 g/mol. The van der Waals surface area contributed by atoms with Crippen molar-refractivity contribution in [1.29, 1.82) is 0 Å². The van der Waals surface area contributed by atoms with Gasteiger partial charge in [0.05, 0.1) is 6.04 Å². The van der Waals surface area contributed by atoms with Crippen LogP contribution in [0.1, 0.15) is 39.6 Å². The molecule has 0 radical (unpaired) electrons. The lowest BCUT2D eigenvalue weighted by molar-refractivity contribution is 0.690. The number of aryl methyl sites for hydroxylation is 3. The van der Waals surface area contributed by atoms with Crippen molar-refractivity contribution in [3.8, 4) is 0 Å². The Morgan fingerprint density at radius 3 is 2.72 bits per heavy atom. The van der Waals surface area contributed by atoms with Crippen molar-refractivity contribution in [3.05, 3.63) is 56.8 Å². The molecule has 18 heavy (non-hydrogen) atoms. The van der Waals surface area contributed by atoms with Crippen LogP contribution in [0.5, 0.6) is 0 Å². The van der Waals surface area contributed by atoms with Crippen LogP contribution in [0.4, 0.5) is 0 Å². The molecule has 2 aromatic rings. The van der Waals surface area contributed by atoms with Crippen molar-refractivity contribution in [1.82, 2.24) is 5.32 Å². The Bertz CT molecular complexity index is 556. The minimum Gasteiger partial charge on any atom is -0.309 e. The van der Waals surface area contributed by atoms with Crippen LogP contribution in [-0.4, -0.2) is 7.05 Å². The summed E-state index contributed by atoms with van der Waals surface area (Å²) >= 11 is 1.83. The minimum atomic E-state index is 0.335. The molecular formula is C16H19NS. The lowest BCUT2D eigenvalue weighted by Crippen LogP contribution is -2.18. The van der Waals surface area contributed by atoms with E-state index < -0.39 is 0 Å². The summed E-state index contributed by atoms with van der Waals surface area (Å²) in [6.07, 6.45) is 3.83. The topological polar surface area (TPSA) is 12.0 Å². The molecule has 0 saturated heterocycles. The van der Waals surface area contributed by atoms with Crippen molar-refractivity contribution in [3.63, 3.8) is 0 Å². The third-order valence-electron chi connectivity index (χ3n) is 3.95. The molecule has 2 heteroatoms. The predicted octanol–water partition coefficient (Wildman–Crippen LogP) is 3.85. The summed E-state index contributed by atoms with van der Waals surface area (Å²) in [6.45, 7) is 2.21. The van der Waals surface area contributed by atoms with Crippen LogP contribution in [0.25, 0.3) is 0 Å². The molecule has 0 fully saturated rings. The average molecular weight is 257 g/mol. The maximum atomic E-state index is 3.46. The molecule has 1 nitrogen and oxygen atoms in total. The van der Waals surface area contributed by atoms with Crippen LogP contribution >= 0.6 is 11.3 Å². The highest BCUT2D eigenvalue weighted by Crippen LogP contribution is 2.31. The summed E-state index contributed by atoms with van der Waals surface area (Å²) in [6, 6.07) is 9.60. The summed E-state index contributed by atoms with van der Waals surface area (Å²) in [5.41, 5.74) is 5.93. The number of rotatable bonds is 3. The van der Waals surface area contributed by atoms with E-state index in [0.29, 0.717) is 6.04 Å². The van der Waals surface area contributed by atoms with Crippen molar-refractivity contribution >= 4 is 11.3 Å². The third-order valence-corrected chi connectivity index (χ3v) is 4.82. The number of nitrogens with one attached hydrogen (secondary N) is 1. The second kappa shape index (κ2) is 4.87. The van der Waals surface area contributed by atoms with Crippen LogP contribution in [-0.2, 0) is 12.8 Å². The van der Waals surface area contributed by atoms with Crippen molar-refractivity contribution in [2.24, 2.45) is 0 Å². The van der Waals surface area contributed by atoms with Crippen LogP contribution in [0.15, 0.2) is 29.6 Å². The normalized spacial score (nSPS) is 15.7. The van der Waals surface area contributed by atoms with Gasteiger partial charge >= 0.3 is 0 Å². The van der Waals surface area contributed by atoms with E-state index in [-0.39, 0.29) is 0 Å². The first kappa shape index (κ1) is 11.9. The number of thiophene rings is 1. The van der Waals surface area contributed by atoms with Crippen LogP contribution < -0.4 is 5.32 Å². The number of fused-ring (bicyclic) bond motifs is 1. The van der Waals surface area contributed by atoms with Gasteiger partial charge in [0.25, 0.3) is 0 Å². The molecule has 3 rings (SSSR count). The molecule has 1 unspecified atom stereocenters. The zero-order valence-corrected chi connectivity index (χ0v) is 11.8. The third kappa shape index (κ3) is 2.00. The molecule has 1 aromatic heterocycles. The summed E-state index contributed by atoms with van der Waals surface area (Å²) in [4.78, 5) is 1.41. The largest absolute Gasteiger partial charge is 0.309 e. The lowest BCUT2D eigenvalue weighted by atomic mass is 9.96. The smallest absolute Gasteiger partial charge is 0.0585 e. The zero-order valence-electron chi connectivity index (χ0n) is 11.0. The second-order valence-corrected chi connectivity index (χ2v) is 6.16. The first-order valence-corrected chi connectivity index (χ1v) is 7.50. The molecule has 1 atom stereocenters. The summed E-state index contributed by atoms with van der Waals surface area (Å²) in [5.74, 6) is 0. The highest BCUT2D eigenvalue weighted by molar-refractivity contribution is 7.10. The Balaban J connectivity index is 2.00. The van der Waals surface area contributed by atoms with Crippen LogP contribution in [0.3, 0.4) is 0 Å². The highest BCUT2D eigenvalue weighted by atomic mass is 32.1. The van der Waals surface area contributed by atoms with Gasteiger partial charge in [-0.3, -0.25) is 0 Å². The van der Waals surface area contributed by atoms with Crippen LogP contribution in [0.2, 0.25) is 0 Å². The Labute approximate surface area is 113 Å². The maximum Gasteiger partial charge on any atom is 0.0585 e. The number of hydrogen-bond acceptors (Lipinski definition) is 2. The molecule has 94 valence electrons. The van der Waals surface area contributed by atoms with E-state index in [4.69, 9.17) is 0 Å². The SMILES string of the molecule is CNC(c1ccc2c(c1)CCC2)c1ccsc1C. The number of hydrogen-bond donors (Lipinski definition) is 1. The standard InChI is InChI=1S/C16H19NS/c1-11-15(8-9-18-11)16(17-2)14-7-6-12-4-3-5-13(12)10-14/h6-10,16-17H,3-5H2,1-2H3. The molecule has 0 spiro atoms. The van der Waals surface area contributed by atoms with E-state index in [1.54, 1.807) is 11.1 Å². The van der Waals surface area contributed by atoms with Gasteiger partial charge in [-0.15, -0.1) is 11.3 Å². The Morgan fingerprint density at radius 1 is 1.17 bits per heavy atom. The minimum absolute atomic E-state index is 0.335. The first-order chi connectivity index (χ1) is 8.79. The zero-order chi connectivity index (χ0) is 12.5. The van der Waals surface area contributed by atoms with Crippen molar-refractivity contribution < 1.29 is 0 Å². The van der Waals surface area contributed by atoms with Gasteiger partial charge in [-0.05, 0) is 66.9 Å². The highest BCUT2D eigenvalue weighted by Gasteiger charge is 2.18. The average Bonchev–Trinajstić information content (AvgIpc) is 2.99. The molecule has 1 aromatic carbocycles. The molecule has 1 heterocycles. The van der Waals surface area contributed by atoms with E-state index in [2.05, 4.69) is 48.9 Å². The molecule has 0 amide bonds. The van der Waals surface area contributed by atoms with Gasteiger partial charge < -0.3 is 5.32 Å². The van der Waals surface area contributed by atoms with Gasteiger partial charge in [-0.1, -0.05) is 18.2 Å². The Kier molecular flexibility index (Phi) is 3.23. The number of benzene rings is 1. The van der Waals surface area contributed by atoms with Gasteiger partial charge in [-0.2, -0.15) is 0 Å². The lowest BCUT2D eigenvalue weighted by Gasteiger charge is -2.18. The quantitative estimate of drug-likeness (QED) is 0.880. The van der Waals surface area contributed by atoms with Gasteiger partial charge in [0.1, 0.15) is 0 Å². The van der Waals surface area contributed by atoms with Gasteiger partial charge in [-0.25, -0.2) is 0 Å². The fraction of sp³-hybridized carbons (Fsp3) is 0.375. The molecule has 0 bridgehead atoms. The Hall–Kier alpha value is -1.12. The fourth-order valence-electron chi connectivity index (χ4n) is 2.97. The van der Waals surface area contributed by atoms with Crippen molar-refractivity contribution in [2.75, 3.05) is 7.05 Å². The maximum absolute atomic E-state index is 3.46. The molecule has 0 aliphatic heterocycles. The van der Waals surface area contributed by atoms with Gasteiger partial charge in [0.2, 0.25) is 0 Å².